The minimum Gasteiger partial charge on any atom is -0.478 e. The molecule has 0 atom stereocenters. The Morgan fingerprint density at radius 1 is 0.721 bits per heavy atom. The molecule has 5 N–H and O–H groups in total. The molecule has 2 heterocycles. The van der Waals surface area contributed by atoms with Crippen LogP contribution in [0.4, 0.5) is 0 Å². The molecule has 220 valence electrons. The molecule has 43 heavy (non-hydrogen) atoms. The summed E-state index contributed by atoms with van der Waals surface area (Å²) in [5, 5.41) is 21.5. The molecular weight excluding hydrogens is 608 g/mol. The summed E-state index contributed by atoms with van der Waals surface area (Å²) in [5.74, 6) is -4.58. The quantitative estimate of drug-likeness (QED) is 0.226. The zero-order valence-electron chi connectivity index (χ0n) is 21.4. The molecule has 0 spiro atoms. The van der Waals surface area contributed by atoms with Crippen LogP contribution in [0.15, 0.2) is 87.7 Å². The first-order chi connectivity index (χ1) is 20.1. The van der Waals surface area contributed by atoms with E-state index in [4.69, 9.17) is 0 Å². The highest BCUT2D eigenvalue weighted by Crippen LogP contribution is 2.43. The van der Waals surface area contributed by atoms with Crippen LogP contribution in [0.5, 0.6) is 0 Å². The maximum atomic E-state index is 14.0. The topological polar surface area (TPSA) is 233 Å². The number of fused-ring (bicyclic) bond motifs is 1. The zero-order chi connectivity index (χ0) is 31.4. The van der Waals surface area contributed by atoms with E-state index in [9.17, 15) is 55.3 Å². The van der Waals surface area contributed by atoms with E-state index in [1.807, 2.05) is 0 Å². The molecule has 0 bridgehead atoms. The molecule has 3 aromatic carbocycles. The van der Waals surface area contributed by atoms with Crippen LogP contribution in [-0.4, -0.2) is 64.8 Å². The second-order valence-corrected chi connectivity index (χ2v) is 12.2. The molecule has 0 fully saturated rings. The van der Waals surface area contributed by atoms with Crippen LogP contribution in [0.3, 0.4) is 0 Å². The summed E-state index contributed by atoms with van der Waals surface area (Å²) in [6.45, 7) is -0.557. The third kappa shape index (κ3) is 5.42. The Bertz CT molecular complexity index is 1980. The van der Waals surface area contributed by atoms with Gasteiger partial charge in [-0.25, -0.2) is 9.59 Å². The van der Waals surface area contributed by atoms with Crippen LogP contribution in [-0.2, 0) is 36.4 Å². The van der Waals surface area contributed by atoms with Crippen molar-refractivity contribution in [2.24, 2.45) is 0 Å². The van der Waals surface area contributed by atoms with Gasteiger partial charge in [0.15, 0.2) is 0 Å². The van der Waals surface area contributed by atoms with E-state index in [2.05, 4.69) is 5.32 Å². The average molecular weight is 627 g/mol. The van der Waals surface area contributed by atoms with Crippen LogP contribution in [0.2, 0.25) is 0 Å². The lowest BCUT2D eigenvalue weighted by Crippen LogP contribution is -2.27. The molecule has 2 aliphatic heterocycles. The SMILES string of the molecule is O=C1NC(c2cc(C(=O)O)cc(C(=O)O)c2)=C2C(=O)N(Cc3cc(S(=O)(=O)O)cc(S(=O)(=O)O)c3)C(c3ccccc3)=C12. The van der Waals surface area contributed by atoms with Gasteiger partial charge in [0.2, 0.25) is 0 Å². The van der Waals surface area contributed by atoms with Crippen molar-refractivity contribution in [3.63, 3.8) is 0 Å². The monoisotopic (exact) mass is 626 g/mol. The lowest BCUT2D eigenvalue weighted by molar-refractivity contribution is -0.123. The van der Waals surface area contributed by atoms with Crippen molar-refractivity contribution in [3.8, 4) is 0 Å². The Balaban J connectivity index is 1.74. The first kappa shape index (κ1) is 29.3. The second-order valence-electron chi connectivity index (χ2n) is 9.36. The number of carbonyl (C=O) groups is 4. The highest BCUT2D eigenvalue weighted by Gasteiger charge is 2.45. The lowest BCUT2D eigenvalue weighted by Gasteiger charge is -2.22. The fourth-order valence-corrected chi connectivity index (χ4v) is 6.00. The fraction of sp³-hybridized carbons (Fsp3) is 0.0370. The number of nitrogens with one attached hydrogen (secondary N) is 1. The second kappa shape index (κ2) is 10.3. The van der Waals surface area contributed by atoms with Gasteiger partial charge < -0.3 is 20.4 Å². The van der Waals surface area contributed by atoms with E-state index in [0.717, 1.165) is 35.2 Å². The van der Waals surface area contributed by atoms with Crippen LogP contribution < -0.4 is 5.32 Å². The minimum atomic E-state index is -4.97. The van der Waals surface area contributed by atoms with E-state index in [1.165, 1.54) is 0 Å². The van der Waals surface area contributed by atoms with Crippen molar-refractivity contribution in [1.29, 1.82) is 0 Å². The number of hydrogen-bond acceptors (Lipinski definition) is 8. The van der Waals surface area contributed by atoms with Crippen molar-refractivity contribution in [2.45, 2.75) is 16.3 Å². The summed E-state index contributed by atoms with van der Waals surface area (Å²) in [4.78, 5) is 49.9. The molecule has 0 radical (unpaired) electrons. The Morgan fingerprint density at radius 2 is 1.26 bits per heavy atom. The molecule has 5 rings (SSSR count). The van der Waals surface area contributed by atoms with Crippen molar-refractivity contribution < 1.29 is 55.3 Å². The van der Waals surface area contributed by atoms with Gasteiger partial charge >= 0.3 is 11.9 Å². The molecule has 0 saturated heterocycles. The maximum Gasteiger partial charge on any atom is 0.335 e. The molecule has 2 aliphatic rings. The number of carboxylic acid groups (broad SMARTS) is 2. The van der Waals surface area contributed by atoms with Gasteiger partial charge in [-0.1, -0.05) is 30.3 Å². The normalized spacial score (nSPS) is 15.2. The molecular formula is C27H18N2O12S2. The zero-order valence-corrected chi connectivity index (χ0v) is 23.0. The standard InChI is InChI=1S/C27H18N2O12S2/c30-24-21-20(22(28-24)15-8-16(26(32)33)10-17(9-15)27(34)35)25(31)29(23(21)14-4-2-1-3-5-14)12-13-6-18(42(36,37)38)11-19(7-13)43(39,40)41/h1-11H,12H2,(H,28,30)(H,32,33)(H,34,35)(H,36,37,38)(H,39,40,41). The molecule has 0 aromatic heterocycles. The van der Waals surface area contributed by atoms with Gasteiger partial charge in [-0.05, 0) is 47.5 Å². The molecule has 14 nitrogen and oxygen atoms in total. The fourth-order valence-electron chi connectivity index (χ4n) is 4.77. The van der Waals surface area contributed by atoms with Gasteiger partial charge in [-0.2, -0.15) is 16.8 Å². The summed E-state index contributed by atoms with van der Waals surface area (Å²) >= 11 is 0. The summed E-state index contributed by atoms with van der Waals surface area (Å²) in [7, 11) is -9.94. The summed E-state index contributed by atoms with van der Waals surface area (Å²) in [5.41, 5.74) is -1.37. The minimum absolute atomic E-state index is 0.0200. The van der Waals surface area contributed by atoms with Crippen molar-refractivity contribution >= 4 is 55.4 Å². The predicted octanol–water partition coefficient (Wildman–Crippen LogP) is 1.87. The number of benzene rings is 3. The Labute approximate surface area is 242 Å². The maximum absolute atomic E-state index is 14.0. The highest BCUT2D eigenvalue weighted by atomic mass is 32.2. The van der Waals surface area contributed by atoms with Crippen LogP contribution >= 0.6 is 0 Å². The third-order valence-corrected chi connectivity index (χ3v) is 8.23. The van der Waals surface area contributed by atoms with Gasteiger partial charge in [0.05, 0.1) is 50.0 Å². The van der Waals surface area contributed by atoms with E-state index in [0.29, 0.717) is 11.6 Å². The van der Waals surface area contributed by atoms with Crippen molar-refractivity contribution in [3.05, 3.63) is 106 Å². The van der Waals surface area contributed by atoms with Gasteiger partial charge in [-0.15, -0.1) is 0 Å². The van der Waals surface area contributed by atoms with Crippen LogP contribution in [0, 0.1) is 0 Å². The van der Waals surface area contributed by atoms with E-state index < -0.39 is 71.5 Å². The van der Waals surface area contributed by atoms with Gasteiger partial charge in [0.1, 0.15) is 0 Å². The van der Waals surface area contributed by atoms with E-state index in [-0.39, 0.29) is 33.7 Å². The molecule has 16 heteroatoms. The van der Waals surface area contributed by atoms with Gasteiger partial charge in [0.25, 0.3) is 32.1 Å². The first-order valence-corrected chi connectivity index (χ1v) is 14.8. The highest BCUT2D eigenvalue weighted by molar-refractivity contribution is 7.86. The van der Waals surface area contributed by atoms with E-state index in [1.54, 1.807) is 30.3 Å². The predicted molar refractivity (Wildman–Crippen MR) is 145 cm³/mol. The lowest BCUT2D eigenvalue weighted by atomic mass is 9.99. The van der Waals surface area contributed by atoms with Crippen molar-refractivity contribution in [1.82, 2.24) is 10.2 Å². The molecule has 0 saturated carbocycles. The van der Waals surface area contributed by atoms with Gasteiger partial charge in [0, 0.05) is 5.56 Å². The Hall–Kier alpha value is -5.16. The largest absolute Gasteiger partial charge is 0.478 e. The number of nitrogens with zero attached hydrogens (tertiary/aromatic N) is 1. The number of rotatable bonds is 8. The number of aromatic carboxylic acids is 2. The number of amides is 2. The summed E-state index contributed by atoms with van der Waals surface area (Å²) in [6, 6.07) is 13.3. The average Bonchev–Trinajstić information content (AvgIpc) is 3.42. The molecule has 3 aromatic rings. The first-order valence-electron chi connectivity index (χ1n) is 11.9. The summed E-state index contributed by atoms with van der Waals surface area (Å²) in [6.07, 6.45) is 0. The van der Waals surface area contributed by atoms with Crippen LogP contribution in [0.1, 0.15) is 37.4 Å². The van der Waals surface area contributed by atoms with Crippen molar-refractivity contribution in [2.75, 3.05) is 0 Å². The Kier molecular flexibility index (Phi) is 7.01. The number of hydrogen-bond donors (Lipinski definition) is 5. The number of carboxylic acids is 2. The Morgan fingerprint density at radius 3 is 1.74 bits per heavy atom. The third-order valence-electron chi connectivity index (χ3n) is 6.57. The smallest absolute Gasteiger partial charge is 0.335 e. The summed E-state index contributed by atoms with van der Waals surface area (Å²) < 4.78 is 66.5. The van der Waals surface area contributed by atoms with Crippen LogP contribution in [0.25, 0.3) is 11.4 Å². The molecule has 0 unspecified atom stereocenters. The van der Waals surface area contributed by atoms with Gasteiger partial charge in [-0.3, -0.25) is 18.7 Å². The molecule has 0 aliphatic carbocycles. The molecule has 2 amide bonds. The van der Waals surface area contributed by atoms with E-state index >= 15 is 0 Å². The number of carbonyl (C=O) groups excluding carboxylic acids is 2.